The van der Waals surface area contributed by atoms with E-state index in [9.17, 15) is 14.7 Å². The topological polar surface area (TPSA) is 95.7 Å². The molecule has 0 aromatic heterocycles. The second-order valence-corrected chi connectivity index (χ2v) is 9.72. The first-order chi connectivity index (χ1) is 13.6. The smallest absolute Gasteiger partial charge is 0.408 e. The van der Waals surface area contributed by atoms with E-state index in [0.717, 1.165) is 49.9 Å². The monoisotopic (exact) mass is 401 g/mol. The highest BCUT2D eigenvalue weighted by atomic mass is 16.4. The molecule has 0 bridgehead atoms. The molecule has 0 spiro atoms. The highest BCUT2D eigenvalue weighted by molar-refractivity contribution is 5.76. The number of hydrogen-bond acceptors (Lipinski definition) is 3. The first-order valence-electron chi connectivity index (χ1n) is 10.7. The van der Waals surface area contributed by atoms with E-state index in [2.05, 4.69) is 26.1 Å². The Balaban J connectivity index is 2.02. The summed E-state index contributed by atoms with van der Waals surface area (Å²) >= 11 is 0. The van der Waals surface area contributed by atoms with Gasteiger partial charge in [-0.3, -0.25) is 9.69 Å². The van der Waals surface area contributed by atoms with Gasteiger partial charge in [-0.1, -0.05) is 45.0 Å². The van der Waals surface area contributed by atoms with Crippen molar-refractivity contribution in [2.45, 2.75) is 58.4 Å². The molecule has 2 heterocycles. The average Bonchev–Trinajstić information content (AvgIpc) is 2.67. The van der Waals surface area contributed by atoms with Crippen molar-refractivity contribution in [3.63, 3.8) is 0 Å². The van der Waals surface area contributed by atoms with Crippen LogP contribution in [0.15, 0.2) is 24.3 Å². The number of carboxylic acid groups (broad SMARTS) is 1. The van der Waals surface area contributed by atoms with E-state index in [1.54, 1.807) is 4.90 Å². The number of carbonyl (C=O) groups is 2. The summed E-state index contributed by atoms with van der Waals surface area (Å²) < 4.78 is 0. The van der Waals surface area contributed by atoms with Crippen LogP contribution in [0.25, 0.3) is 0 Å². The third kappa shape index (κ3) is 4.27. The molecule has 2 saturated heterocycles. The lowest BCUT2D eigenvalue weighted by Crippen LogP contribution is -2.61. The van der Waals surface area contributed by atoms with E-state index in [0.29, 0.717) is 18.4 Å². The zero-order valence-electron chi connectivity index (χ0n) is 17.9. The fourth-order valence-corrected chi connectivity index (χ4v) is 5.57. The molecule has 3 rings (SSSR count). The van der Waals surface area contributed by atoms with E-state index in [1.807, 2.05) is 24.3 Å². The largest absolute Gasteiger partial charge is 0.465 e. The number of benzene rings is 1. The van der Waals surface area contributed by atoms with Gasteiger partial charge in [0.2, 0.25) is 5.91 Å². The Labute approximate surface area is 173 Å². The highest BCUT2D eigenvalue weighted by Crippen LogP contribution is 2.53. The maximum Gasteiger partial charge on any atom is 0.408 e. The fourth-order valence-electron chi connectivity index (χ4n) is 5.57. The number of amides is 2. The lowest BCUT2D eigenvalue weighted by molar-refractivity contribution is -0.117. The molecular formula is C23H35N3O3. The van der Waals surface area contributed by atoms with E-state index >= 15 is 0 Å². The van der Waals surface area contributed by atoms with E-state index in [1.165, 1.54) is 0 Å². The summed E-state index contributed by atoms with van der Waals surface area (Å²) in [6.07, 6.45) is 3.43. The first-order valence-corrected chi connectivity index (χ1v) is 10.7. The molecule has 0 aliphatic carbocycles. The molecule has 6 nitrogen and oxygen atoms in total. The Hall–Kier alpha value is -2.08. The number of hydrogen-bond donors (Lipinski definition) is 3. The first kappa shape index (κ1) is 21.6. The van der Waals surface area contributed by atoms with Crippen LogP contribution in [0.1, 0.15) is 57.6 Å². The van der Waals surface area contributed by atoms with Gasteiger partial charge in [0, 0.05) is 6.54 Å². The van der Waals surface area contributed by atoms with Gasteiger partial charge >= 0.3 is 6.09 Å². The van der Waals surface area contributed by atoms with Gasteiger partial charge in [-0.05, 0) is 67.2 Å². The van der Waals surface area contributed by atoms with Crippen molar-refractivity contribution in [2.24, 2.45) is 23.0 Å². The van der Waals surface area contributed by atoms with Crippen LogP contribution in [-0.4, -0.2) is 41.6 Å². The summed E-state index contributed by atoms with van der Waals surface area (Å²) in [7, 11) is 0. The molecule has 2 aliphatic heterocycles. The molecule has 2 fully saturated rings. The summed E-state index contributed by atoms with van der Waals surface area (Å²) in [5, 5.41) is 13.6. The number of primary amides is 1. The van der Waals surface area contributed by atoms with Crippen LogP contribution in [0.2, 0.25) is 0 Å². The van der Waals surface area contributed by atoms with Crippen LogP contribution < -0.4 is 11.1 Å². The molecule has 0 saturated carbocycles. The van der Waals surface area contributed by atoms with Gasteiger partial charge in [-0.2, -0.15) is 0 Å². The minimum absolute atomic E-state index is 0.198. The Bertz CT molecular complexity index is 735. The van der Waals surface area contributed by atoms with Crippen LogP contribution in [0.5, 0.6) is 0 Å². The zero-order valence-corrected chi connectivity index (χ0v) is 17.9. The van der Waals surface area contributed by atoms with Crippen molar-refractivity contribution in [1.29, 1.82) is 0 Å². The number of nitrogens with zero attached hydrogens (tertiary/aromatic N) is 1. The summed E-state index contributed by atoms with van der Waals surface area (Å²) in [5.74, 6) is 0.791. The van der Waals surface area contributed by atoms with E-state index in [-0.39, 0.29) is 17.7 Å². The quantitative estimate of drug-likeness (QED) is 0.721. The zero-order chi connectivity index (χ0) is 21.2. The predicted molar refractivity (Wildman–Crippen MR) is 114 cm³/mol. The number of nitrogens with two attached hydrogens (primary N) is 1. The second kappa shape index (κ2) is 8.34. The van der Waals surface area contributed by atoms with Crippen molar-refractivity contribution >= 4 is 12.0 Å². The van der Waals surface area contributed by atoms with Crippen LogP contribution in [-0.2, 0) is 16.8 Å². The number of piperidine rings is 2. The molecule has 0 radical (unpaired) electrons. The molecule has 1 aromatic carbocycles. The van der Waals surface area contributed by atoms with Crippen molar-refractivity contribution in [2.75, 3.05) is 19.6 Å². The molecule has 2 amide bonds. The molecule has 2 atom stereocenters. The van der Waals surface area contributed by atoms with Gasteiger partial charge in [0.25, 0.3) is 0 Å². The van der Waals surface area contributed by atoms with Crippen LogP contribution in [0, 0.1) is 17.3 Å². The summed E-state index contributed by atoms with van der Waals surface area (Å²) in [4.78, 5) is 25.3. The molecule has 29 heavy (non-hydrogen) atoms. The number of carbonyl (C=O) groups excluding carboxylic acids is 1. The maximum atomic E-state index is 12.3. The second-order valence-electron chi connectivity index (χ2n) is 9.72. The van der Waals surface area contributed by atoms with Gasteiger partial charge in [-0.25, -0.2) is 4.79 Å². The Morgan fingerprint density at radius 2 is 1.76 bits per heavy atom. The van der Waals surface area contributed by atoms with Crippen molar-refractivity contribution in [3.05, 3.63) is 35.4 Å². The van der Waals surface area contributed by atoms with Crippen LogP contribution >= 0.6 is 0 Å². The van der Waals surface area contributed by atoms with Gasteiger partial charge in [0.05, 0.1) is 12.0 Å². The Kier molecular flexibility index (Phi) is 6.22. The highest BCUT2D eigenvalue weighted by Gasteiger charge is 2.54. The summed E-state index contributed by atoms with van der Waals surface area (Å²) in [6, 6.07) is 7.85. The minimum Gasteiger partial charge on any atom is -0.465 e. The summed E-state index contributed by atoms with van der Waals surface area (Å²) in [6.45, 7) is 9.09. The molecular weight excluding hydrogens is 366 g/mol. The third-order valence-electron chi connectivity index (χ3n) is 7.07. The van der Waals surface area contributed by atoms with Crippen molar-refractivity contribution in [1.82, 2.24) is 10.2 Å². The fraction of sp³-hybridized carbons (Fsp3) is 0.652. The predicted octanol–water partition coefficient (Wildman–Crippen LogP) is 3.35. The van der Waals surface area contributed by atoms with Crippen molar-refractivity contribution < 1.29 is 14.7 Å². The molecule has 160 valence electrons. The number of nitrogens with one attached hydrogen (secondary N) is 1. The van der Waals surface area contributed by atoms with Gasteiger partial charge in [0.15, 0.2) is 0 Å². The van der Waals surface area contributed by atoms with Crippen LogP contribution in [0.4, 0.5) is 4.79 Å². The average molecular weight is 402 g/mol. The lowest BCUT2D eigenvalue weighted by Gasteiger charge is -2.57. The number of rotatable bonds is 4. The lowest BCUT2D eigenvalue weighted by atomic mass is 9.60. The van der Waals surface area contributed by atoms with Gasteiger partial charge < -0.3 is 16.2 Å². The van der Waals surface area contributed by atoms with Gasteiger partial charge in [0.1, 0.15) is 0 Å². The normalized spacial score (nSPS) is 26.3. The Morgan fingerprint density at radius 3 is 2.28 bits per heavy atom. The summed E-state index contributed by atoms with van der Waals surface area (Å²) in [5.41, 5.74) is 6.33. The molecule has 4 N–H and O–H groups in total. The van der Waals surface area contributed by atoms with E-state index < -0.39 is 11.6 Å². The maximum absolute atomic E-state index is 12.3. The molecule has 6 heteroatoms. The molecule has 1 aromatic rings. The molecule has 1 unspecified atom stereocenters. The van der Waals surface area contributed by atoms with Gasteiger partial charge in [-0.15, -0.1) is 0 Å². The number of likely N-dealkylation sites (tertiary alicyclic amines) is 1. The minimum atomic E-state index is -0.857. The SMILES string of the molecule is CC(C)(C)[C@@]1(c2ccc(CC(N)=O)cc2)CC(C2CCNCC2)CCN1C(=O)O. The van der Waals surface area contributed by atoms with Crippen LogP contribution in [0.3, 0.4) is 0 Å². The standard InChI is InChI=1S/C23H35N3O3/c1-22(2,3)23(19-6-4-16(5-7-19)14-20(24)27)15-18(10-13-26(23)21(28)29)17-8-11-25-12-9-17/h4-7,17-18,25H,8-15H2,1-3H3,(H2,24,27)(H,28,29)/t18?,23-/m0/s1. The molecule has 2 aliphatic rings. The van der Waals surface area contributed by atoms with Crippen molar-refractivity contribution in [3.8, 4) is 0 Å². The van der Waals surface area contributed by atoms with E-state index in [4.69, 9.17) is 5.73 Å². The third-order valence-corrected chi connectivity index (χ3v) is 7.07. The Morgan fingerprint density at radius 1 is 1.14 bits per heavy atom.